The molecule has 7 heteroatoms. The van der Waals surface area contributed by atoms with Crippen LogP contribution in [0.25, 0.3) is 10.1 Å². The molecule has 0 aliphatic carbocycles. The number of aliphatic carboxylic acids is 1. The number of carboxylic acids is 2. The van der Waals surface area contributed by atoms with E-state index in [4.69, 9.17) is 14.6 Å². The smallest absolute Gasteiger partial charge is 0.335 e. The number of benzene rings is 2. The van der Waals surface area contributed by atoms with Crippen molar-refractivity contribution in [3.05, 3.63) is 58.5 Å². The molecule has 1 unspecified atom stereocenters. The van der Waals surface area contributed by atoms with Gasteiger partial charge in [-0.2, -0.15) is 0 Å². The first-order chi connectivity index (χ1) is 13.3. The van der Waals surface area contributed by atoms with Crippen LogP contribution in [0.4, 0.5) is 0 Å². The van der Waals surface area contributed by atoms with Gasteiger partial charge >= 0.3 is 11.9 Å². The van der Waals surface area contributed by atoms with Gasteiger partial charge in [-0.25, -0.2) is 4.79 Å². The molecule has 28 heavy (non-hydrogen) atoms. The van der Waals surface area contributed by atoms with Gasteiger partial charge < -0.3 is 19.7 Å². The van der Waals surface area contributed by atoms with Crippen molar-refractivity contribution in [1.29, 1.82) is 0 Å². The van der Waals surface area contributed by atoms with Crippen LogP contribution in [0, 0.1) is 0 Å². The van der Waals surface area contributed by atoms with Gasteiger partial charge in [0.1, 0.15) is 0 Å². The van der Waals surface area contributed by atoms with E-state index in [0.717, 1.165) is 15.0 Å². The molecule has 0 aliphatic rings. The van der Waals surface area contributed by atoms with E-state index in [2.05, 4.69) is 0 Å². The number of aromatic carboxylic acids is 1. The largest absolute Gasteiger partial charge is 0.493 e. The van der Waals surface area contributed by atoms with Gasteiger partial charge in [0.2, 0.25) is 0 Å². The summed E-state index contributed by atoms with van der Waals surface area (Å²) in [6, 6.07) is 11.7. The molecule has 1 atom stereocenters. The Bertz CT molecular complexity index is 996. The van der Waals surface area contributed by atoms with E-state index in [1.807, 2.05) is 18.2 Å². The molecule has 0 saturated heterocycles. The summed E-state index contributed by atoms with van der Waals surface area (Å²) in [7, 11) is 3.14. The molecule has 3 aromatic rings. The highest BCUT2D eigenvalue weighted by molar-refractivity contribution is 7.19. The van der Waals surface area contributed by atoms with Gasteiger partial charge in [0.25, 0.3) is 0 Å². The Balaban J connectivity index is 2.00. The van der Waals surface area contributed by atoms with Crippen molar-refractivity contribution in [3.63, 3.8) is 0 Å². The fourth-order valence-electron chi connectivity index (χ4n) is 3.14. The lowest BCUT2D eigenvalue weighted by Crippen LogP contribution is -2.34. The van der Waals surface area contributed by atoms with Gasteiger partial charge in [-0.05, 0) is 42.1 Å². The molecule has 0 saturated carbocycles. The molecular weight excluding hydrogens is 380 g/mol. The van der Waals surface area contributed by atoms with Crippen molar-refractivity contribution in [2.24, 2.45) is 0 Å². The van der Waals surface area contributed by atoms with Gasteiger partial charge in [-0.1, -0.05) is 12.1 Å². The Labute approximate surface area is 166 Å². The van der Waals surface area contributed by atoms with Gasteiger partial charge in [0, 0.05) is 22.1 Å². The molecule has 3 rings (SSSR count). The third-order valence-electron chi connectivity index (χ3n) is 4.84. The summed E-state index contributed by atoms with van der Waals surface area (Å²) >= 11 is 1.50. The van der Waals surface area contributed by atoms with Crippen LogP contribution >= 0.6 is 11.3 Å². The molecule has 0 spiro atoms. The SMILES string of the molecule is COc1cc2cc(CC(C)(C(=O)O)c3ccc(C(=O)O)cc3)sc2cc1OC. The van der Waals surface area contributed by atoms with E-state index in [9.17, 15) is 14.7 Å². The summed E-state index contributed by atoms with van der Waals surface area (Å²) in [5, 5.41) is 19.9. The summed E-state index contributed by atoms with van der Waals surface area (Å²) in [5.41, 5.74) is -0.512. The second-order valence-corrected chi connectivity index (χ2v) is 7.82. The highest BCUT2D eigenvalue weighted by Gasteiger charge is 2.36. The van der Waals surface area contributed by atoms with Crippen LogP contribution in [0.15, 0.2) is 42.5 Å². The van der Waals surface area contributed by atoms with E-state index in [1.54, 1.807) is 33.3 Å². The summed E-state index contributed by atoms with van der Waals surface area (Å²) in [5.74, 6) is -0.780. The molecule has 2 N–H and O–H groups in total. The van der Waals surface area contributed by atoms with Gasteiger partial charge in [-0.15, -0.1) is 11.3 Å². The minimum absolute atomic E-state index is 0.123. The van der Waals surface area contributed by atoms with Crippen LogP contribution in [-0.4, -0.2) is 36.4 Å². The van der Waals surface area contributed by atoms with Crippen molar-refractivity contribution >= 4 is 33.4 Å². The second kappa shape index (κ2) is 7.52. The Morgan fingerprint density at radius 2 is 1.61 bits per heavy atom. The van der Waals surface area contributed by atoms with E-state index in [1.165, 1.54) is 23.5 Å². The minimum atomic E-state index is -1.19. The van der Waals surface area contributed by atoms with Gasteiger partial charge in [0.15, 0.2) is 11.5 Å². The molecule has 2 aromatic carbocycles. The molecular formula is C21H20O6S. The zero-order chi connectivity index (χ0) is 20.5. The maximum Gasteiger partial charge on any atom is 0.335 e. The normalized spacial score (nSPS) is 13.1. The summed E-state index contributed by atoms with van der Waals surface area (Å²) < 4.78 is 11.6. The molecule has 1 aromatic heterocycles. The number of hydrogen-bond acceptors (Lipinski definition) is 5. The molecule has 0 bridgehead atoms. The number of thiophene rings is 1. The molecule has 146 valence electrons. The van der Waals surface area contributed by atoms with Crippen molar-refractivity contribution in [2.45, 2.75) is 18.8 Å². The predicted molar refractivity (Wildman–Crippen MR) is 107 cm³/mol. The molecule has 1 heterocycles. The van der Waals surface area contributed by atoms with E-state index in [0.29, 0.717) is 17.1 Å². The first kappa shape index (κ1) is 19.7. The number of methoxy groups -OCH3 is 2. The average molecular weight is 400 g/mol. The molecule has 0 radical (unpaired) electrons. The Morgan fingerprint density at radius 3 is 2.14 bits per heavy atom. The van der Waals surface area contributed by atoms with Crippen molar-refractivity contribution in [3.8, 4) is 11.5 Å². The summed E-state index contributed by atoms with van der Waals surface area (Å²) in [6.45, 7) is 1.65. The van der Waals surface area contributed by atoms with Gasteiger partial charge in [-0.3, -0.25) is 4.79 Å². The number of ether oxygens (including phenoxy) is 2. The maximum absolute atomic E-state index is 12.1. The lowest BCUT2D eigenvalue weighted by molar-refractivity contribution is -0.143. The number of carbonyl (C=O) groups is 2. The van der Waals surface area contributed by atoms with E-state index in [-0.39, 0.29) is 12.0 Å². The highest BCUT2D eigenvalue weighted by atomic mass is 32.1. The monoisotopic (exact) mass is 400 g/mol. The van der Waals surface area contributed by atoms with Crippen LogP contribution < -0.4 is 9.47 Å². The minimum Gasteiger partial charge on any atom is -0.493 e. The number of fused-ring (bicyclic) bond motifs is 1. The Morgan fingerprint density at radius 1 is 1.00 bits per heavy atom. The quantitative estimate of drug-likeness (QED) is 0.617. The third kappa shape index (κ3) is 3.53. The molecule has 0 amide bonds. The number of hydrogen-bond donors (Lipinski definition) is 2. The van der Waals surface area contributed by atoms with Crippen molar-refractivity contribution < 1.29 is 29.3 Å². The first-order valence-corrected chi connectivity index (χ1v) is 9.32. The topological polar surface area (TPSA) is 93.1 Å². The van der Waals surface area contributed by atoms with Crippen LogP contribution in [0.1, 0.15) is 27.7 Å². The van der Waals surface area contributed by atoms with Crippen LogP contribution in [0.2, 0.25) is 0 Å². The summed E-state index contributed by atoms with van der Waals surface area (Å²) in [4.78, 5) is 24.1. The highest BCUT2D eigenvalue weighted by Crippen LogP contribution is 2.39. The van der Waals surface area contributed by atoms with Crippen LogP contribution in [-0.2, 0) is 16.6 Å². The Hall–Kier alpha value is -3.06. The van der Waals surface area contributed by atoms with Crippen molar-refractivity contribution in [1.82, 2.24) is 0 Å². The van der Waals surface area contributed by atoms with Crippen molar-refractivity contribution in [2.75, 3.05) is 14.2 Å². The first-order valence-electron chi connectivity index (χ1n) is 8.50. The van der Waals surface area contributed by atoms with Gasteiger partial charge in [0.05, 0.1) is 25.2 Å². The lowest BCUT2D eigenvalue weighted by atomic mass is 9.79. The zero-order valence-corrected chi connectivity index (χ0v) is 16.5. The zero-order valence-electron chi connectivity index (χ0n) is 15.7. The fraction of sp³-hybridized carbons (Fsp3) is 0.238. The number of carboxylic acid groups (broad SMARTS) is 2. The standard InChI is InChI=1S/C21H20O6S/c1-21(20(24)25,14-6-4-12(5-7-14)19(22)23)11-15-8-13-9-16(26-2)17(27-3)10-18(13)28-15/h4-10H,11H2,1-3H3,(H,22,23)(H,24,25). The summed E-state index contributed by atoms with van der Waals surface area (Å²) in [6.07, 6.45) is 0.277. The number of rotatable bonds is 7. The lowest BCUT2D eigenvalue weighted by Gasteiger charge is -2.25. The molecule has 0 aliphatic heterocycles. The molecule has 6 nitrogen and oxygen atoms in total. The van der Waals surface area contributed by atoms with Crippen LogP contribution in [0.3, 0.4) is 0 Å². The van der Waals surface area contributed by atoms with Crippen LogP contribution in [0.5, 0.6) is 11.5 Å². The average Bonchev–Trinajstić information content (AvgIpc) is 3.07. The maximum atomic E-state index is 12.1. The predicted octanol–water partition coefficient (Wildman–Crippen LogP) is 4.20. The second-order valence-electron chi connectivity index (χ2n) is 6.65. The van der Waals surface area contributed by atoms with E-state index >= 15 is 0 Å². The third-order valence-corrected chi connectivity index (χ3v) is 5.94. The fourth-order valence-corrected chi connectivity index (χ4v) is 4.37. The molecule has 0 fully saturated rings. The van der Waals surface area contributed by atoms with E-state index < -0.39 is 17.4 Å². The Kier molecular flexibility index (Phi) is 5.29.